The minimum Gasteiger partial charge on any atom is -0.314 e. The Bertz CT molecular complexity index is 327. The fourth-order valence-corrected chi connectivity index (χ4v) is 3.47. The molecule has 1 aromatic carbocycles. The van der Waals surface area contributed by atoms with Gasteiger partial charge in [0.2, 0.25) is 0 Å². The van der Waals surface area contributed by atoms with Crippen molar-refractivity contribution in [1.29, 1.82) is 0 Å². The van der Waals surface area contributed by atoms with Crippen molar-refractivity contribution in [2.45, 2.75) is 64.3 Å². The van der Waals surface area contributed by atoms with Crippen LogP contribution in [-0.4, -0.2) is 12.6 Å². The number of hydrogen-bond donors (Lipinski definition) is 1. The summed E-state index contributed by atoms with van der Waals surface area (Å²) in [5.41, 5.74) is 1.49. The molecule has 0 spiro atoms. The molecular weight excluding hydrogens is 230 g/mol. The predicted octanol–water partition coefficient (Wildman–Crippen LogP) is 4.57. The molecule has 1 saturated carbocycles. The lowest BCUT2D eigenvalue weighted by molar-refractivity contribution is 0.257. The summed E-state index contributed by atoms with van der Waals surface area (Å²) in [6, 6.07) is 11.7. The van der Waals surface area contributed by atoms with Crippen LogP contribution in [0.1, 0.15) is 57.4 Å². The van der Waals surface area contributed by atoms with Gasteiger partial charge in [-0.15, -0.1) is 0 Å². The molecule has 0 amide bonds. The van der Waals surface area contributed by atoms with Gasteiger partial charge >= 0.3 is 0 Å². The van der Waals surface area contributed by atoms with Crippen molar-refractivity contribution < 1.29 is 0 Å². The molecule has 106 valence electrons. The lowest BCUT2D eigenvalue weighted by Gasteiger charge is -2.31. The molecule has 1 heteroatoms. The molecule has 1 unspecified atom stereocenters. The first-order valence-electron chi connectivity index (χ1n) is 8.17. The Kier molecular flexibility index (Phi) is 6.43. The first-order valence-corrected chi connectivity index (χ1v) is 8.17. The Labute approximate surface area is 118 Å². The van der Waals surface area contributed by atoms with E-state index in [4.69, 9.17) is 0 Å². The average molecular weight is 259 g/mol. The largest absolute Gasteiger partial charge is 0.314 e. The van der Waals surface area contributed by atoms with Crippen LogP contribution >= 0.6 is 0 Å². The maximum Gasteiger partial charge on any atom is 0.00953 e. The molecule has 0 aliphatic heterocycles. The van der Waals surface area contributed by atoms with E-state index in [0.717, 1.165) is 18.5 Å². The summed E-state index contributed by atoms with van der Waals surface area (Å²) in [6.45, 7) is 3.36. The van der Waals surface area contributed by atoms with Gasteiger partial charge in [-0.25, -0.2) is 0 Å². The minimum atomic E-state index is 0.758. The van der Waals surface area contributed by atoms with E-state index in [0.29, 0.717) is 0 Å². The van der Waals surface area contributed by atoms with Crippen LogP contribution in [0.15, 0.2) is 30.3 Å². The molecule has 1 N–H and O–H groups in total. The zero-order valence-electron chi connectivity index (χ0n) is 12.4. The van der Waals surface area contributed by atoms with Crippen LogP contribution < -0.4 is 5.32 Å². The van der Waals surface area contributed by atoms with Crippen molar-refractivity contribution in [3.8, 4) is 0 Å². The smallest absolute Gasteiger partial charge is 0.00953 e. The fraction of sp³-hybridized carbons (Fsp3) is 0.667. The van der Waals surface area contributed by atoms with Crippen molar-refractivity contribution in [3.63, 3.8) is 0 Å². The van der Waals surface area contributed by atoms with Gasteiger partial charge < -0.3 is 5.32 Å². The molecule has 0 aromatic heterocycles. The van der Waals surface area contributed by atoms with Crippen LogP contribution in [0.4, 0.5) is 0 Å². The SMILES string of the molecule is CCNC(CCCc1ccccc1)C1CCCCC1. The molecule has 1 aromatic rings. The molecule has 0 radical (unpaired) electrons. The van der Waals surface area contributed by atoms with Gasteiger partial charge in [-0.05, 0) is 50.1 Å². The molecule has 19 heavy (non-hydrogen) atoms. The first-order chi connectivity index (χ1) is 9.40. The molecule has 2 rings (SSSR count). The van der Waals surface area contributed by atoms with Gasteiger partial charge in [0.15, 0.2) is 0 Å². The van der Waals surface area contributed by atoms with E-state index in [1.807, 2.05) is 0 Å². The normalized spacial score (nSPS) is 18.4. The third-order valence-corrected chi connectivity index (χ3v) is 4.51. The molecule has 1 aliphatic carbocycles. The lowest BCUT2D eigenvalue weighted by Crippen LogP contribution is -2.37. The topological polar surface area (TPSA) is 12.0 Å². The van der Waals surface area contributed by atoms with Crippen LogP contribution in [0.2, 0.25) is 0 Å². The van der Waals surface area contributed by atoms with Crippen LogP contribution in [0.3, 0.4) is 0 Å². The zero-order chi connectivity index (χ0) is 13.3. The van der Waals surface area contributed by atoms with Gasteiger partial charge in [-0.3, -0.25) is 0 Å². The first kappa shape index (κ1) is 14.6. The maximum atomic E-state index is 3.74. The molecule has 1 aliphatic rings. The van der Waals surface area contributed by atoms with Crippen molar-refractivity contribution in [1.82, 2.24) is 5.32 Å². The second-order valence-corrected chi connectivity index (χ2v) is 5.94. The highest BCUT2D eigenvalue weighted by Gasteiger charge is 2.22. The van der Waals surface area contributed by atoms with E-state index >= 15 is 0 Å². The third kappa shape index (κ3) is 4.99. The molecular formula is C18H29N. The Balaban J connectivity index is 1.76. The van der Waals surface area contributed by atoms with Gasteiger partial charge in [-0.2, -0.15) is 0 Å². The lowest BCUT2D eigenvalue weighted by atomic mass is 9.82. The Morgan fingerprint density at radius 1 is 1.11 bits per heavy atom. The molecule has 1 atom stereocenters. The number of aryl methyl sites for hydroxylation is 1. The van der Waals surface area contributed by atoms with E-state index in [-0.39, 0.29) is 0 Å². The quantitative estimate of drug-likeness (QED) is 0.756. The molecule has 0 saturated heterocycles. The van der Waals surface area contributed by atoms with Crippen molar-refractivity contribution in [2.75, 3.05) is 6.54 Å². The van der Waals surface area contributed by atoms with E-state index in [1.165, 1.54) is 56.9 Å². The van der Waals surface area contributed by atoms with E-state index in [9.17, 15) is 0 Å². The number of benzene rings is 1. The Morgan fingerprint density at radius 3 is 2.53 bits per heavy atom. The standard InChI is InChI=1S/C18H29N/c1-2-19-18(17-13-7-4-8-14-17)15-9-12-16-10-5-3-6-11-16/h3,5-6,10-11,17-19H,2,4,7-9,12-15H2,1H3. The van der Waals surface area contributed by atoms with Gasteiger partial charge in [0.1, 0.15) is 0 Å². The Hall–Kier alpha value is -0.820. The second-order valence-electron chi connectivity index (χ2n) is 5.94. The molecule has 0 bridgehead atoms. The summed E-state index contributed by atoms with van der Waals surface area (Å²) >= 11 is 0. The zero-order valence-corrected chi connectivity index (χ0v) is 12.4. The summed E-state index contributed by atoms with van der Waals surface area (Å²) in [7, 11) is 0. The fourth-order valence-electron chi connectivity index (χ4n) is 3.47. The van der Waals surface area contributed by atoms with Gasteiger partial charge in [-0.1, -0.05) is 56.5 Å². The summed E-state index contributed by atoms with van der Waals surface area (Å²) in [5.74, 6) is 0.935. The Morgan fingerprint density at radius 2 is 1.84 bits per heavy atom. The monoisotopic (exact) mass is 259 g/mol. The van der Waals surface area contributed by atoms with E-state index < -0.39 is 0 Å². The maximum absolute atomic E-state index is 3.74. The van der Waals surface area contributed by atoms with Crippen molar-refractivity contribution >= 4 is 0 Å². The highest BCUT2D eigenvalue weighted by atomic mass is 14.9. The number of nitrogens with one attached hydrogen (secondary N) is 1. The summed E-state index contributed by atoms with van der Waals surface area (Å²) in [4.78, 5) is 0. The van der Waals surface area contributed by atoms with Crippen LogP contribution in [0.5, 0.6) is 0 Å². The highest BCUT2D eigenvalue weighted by Crippen LogP contribution is 2.28. The van der Waals surface area contributed by atoms with E-state index in [2.05, 4.69) is 42.6 Å². The number of hydrogen-bond acceptors (Lipinski definition) is 1. The van der Waals surface area contributed by atoms with Gasteiger partial charge in [0.05, 0.1) is 0 Å². The van der Waals surface area contributed by atoms with Crippen LogP contribution in [0.25, 0.3) is 0 Å². The van der Waals surface area contributed by atoms with Crippen molar-refractivity contribution in [3.05, 3.63) is 35.9 Å². The third-order valence-electron chi connectivity index (χ3n) is 4.51. The minimum absolute atomic E-state index is 0.758. The summed E-state index contributed by atoms with van der Waals surface area (Å²) in [5, 5.41) is 3.74. The molecule has 0 heterocycles. The predicted molar refractivity (Wildman–Crippen MR) is 83.4 cm³/mol. The molecule has 1 fully saturated rings. The van der Waals surface area contributed by atoms with Crippen molar-refractivity contribution in [2.24, 2.45) is 5.92 Å². The number of rotatable bonds is 7. The van der Waals surface area contributed by atoms with E-state index in [1.54, 1.807) is 0 Å². The highest BCUT2D eigenvalue weighted by molar-refractivity contribution is 5.14. The summed E-state index contributed by atoms with van der Waals surface area (Å²) < 4.78 is 0. The molecule has 1 nitrogen and oxygen atoms in total. The average Bonchev–Trinajstić information content (AvgIpc) is 2.48. The summed E-state index contributed by atoms with van der Waals surface area (Å²) in [6.07, 6.45) is 11.1. The van der Waals surface area contributed by atoms with Gasteiger partial charge in [0.25, 0.3) is 0 Å². The van der Waals surface area contributed by atoms with Crippen LogP contribution in [-0.2, 0) is 6.42 Å². The van der Waals surface area contributed by atoms with Gasteiger partial charge in [0, 0.05) is 6.04 Å². The second kappa shape index (κ2) is 8.37. The van der Waals surface area contributed by atoms with Crippen LogP contribution in [0, 0.1) is 5.92 Å².